The van der Waals surface area contributed by atoms with Gasteiger partial charge in [0.1, 0.15) is 0 Å². The summed E-state index contributed by atoms with van der Waals surface area (Å²) in [4.78, 5) is 22.2. The second-order valence-electron chi connectivity index (χ2n) is 5.56. The third-order valence-electron chi connectivity index (χ3n) is 3.92. The molecule has 2 aliphatic rings. The number of hydrogen-bond donors (Lipinski definition) is 4. The van der Waals surface area contributed by atoms with Crippen LogP contribution in [0.5, 0.6) is 0 Å². The summed E-state index contributed by atoms with van der Waals surface area (Å²) >= 11 is 4.31. The molecule has 23 heavy (non-hydrogen) atoms. The van der Waals surface area contributed by atoms with E-state index >= 15 is 0 Å². The van der Waals surface area contributed by atoms with E-state index in [0.717, 1.165) is 0 Å². The number of aliphatic hydroxyl groups excluding tert-OH is 1. The molecule has 4 heterocycles. The maximum absolute atomic E-state index is 10.6. The zero-order valence-corrected chi connectivity index (χ0v) is 13.9. The van der Waals surface area contributed by atoms with Gasteiger partial charge in [-0.3, -0.25) is 0 Å². The van der Waals surface area contributed by atoms with Crippen LogP contribution >= 0.6 is 20.5 Å². The van der Waals surface area contributed by atoms with Crippen LogP contribution in [0.15, 0.2) is 11.5 Å². The van der Waals surface area contributed by atoms with Gasteiger partial charge in [-0.1, -0.05) is 0 Å². The molecule has 2 aromatic heterocycles. The Hall–Kier alpha value is -1.01. The first-order chi connectivity index (χ1) is 10.9. The van der Waals surface area contributed by atoms with Gasteiger partial charge in [0.05, 0.1) is 0 Å². The number of aliphatic hydroxyl groups is 1. The summed E-state index contributed by atoms with van der Waals surface area (Å²) in [5.41, 5.74) is 6.56. The third kappa shape index (κ3) is 2.42. The summed E-state index contributed by atoms with van der Waals surface area (Å²) in [6.07, 6.45) is -1.77. The van der Waals surface area contributed by atoms with E-state index in [1.807, 2.05) is 0 Å². The number of thiol groups is 1. The summed E-state index contributed by atoms with van der Waals surface area (Å²) in [7, 11) is -1.74. The van der Waals surface area contributed by atoms with Gasteiger partial charge in [-0.2, -0.15) is 0 Å². The van der Waals surface area contributed by atoms with Crippen LogP contribution in [-0.2, 0) is 13.8 Å². The Morgan fingerprint density at radius 3 is 3.04 bits per heavy atom. The average Bonchev–Trinajstić information content (AvgIpc) is 2.97. The van der Waals surface area contributed by atoms with Gasteiger partial charge in [-0.25, -0.2) is 0 Å². The molecular formula is C10H15BN5O5PS. The van der Waals surface area contributed by atoms with Crippen molar-refractivity contribution in [1.82, 2.24) is 19.5 Å². The number of aromatic nitrogens is 4. The molecule has 13 heteroatoms. The van der Waals surface area contributed by atoms with Crippen molar-refractivity contribution in [3.8, 4) is 0 Å². The Kier molecular flexibility index (Phi) is 3.54. The van der Waals surface area contributed by atoms with Crippen LogP contribution in [0, 0.1) is 0 Å². The molecule has 4 N–H and O–H groups in total. The molecule has 10 nitrogen and oxygen atoms in total. The van der Waals surface area contributed by atoms with E-state index in [-0.39, 0.29) is 17.6 Å². The number of imidazole rings is 1. The molecule has 2 fully saturated rings. The molecule has 2 aliphatic heterocycles. The number of rotatable bonds is 1. The summed E-state index contributed by atoms with van der Waals surface area (Å²) in [5, 5.41) is 10.9. The number of nitrogen functional groups attached to an aromatic ring is 1. The SMILES string of the molecule is B[PH]1(O)OC[C@H]2O[C@@H](n3c(S)nc4c(N)ncnc43)C(O)[C@@H]2O1. The molecule has 4 atom stereocenters. The van der Waals surface area contributed by atoms with Gasteiger partial charge in [-0.15, -0.1) is 0 Å². The molecule has 0 aromatic carbocycles. The Balaban J connectivity index is 1.75. The summed E-state index contributed by atoms with van der Waals surface area (Å²) < 4.78 is 18.1. The van der Waals surface area contributed by atoms with Crippen molar-refractivity contribution in [2.24, 2.45) is 0 Å². The number of hydrogen-bond acceptors (Lipinski definition) is 10. The first kappa shape index (κ1) is 15.5. The van der Waals surface area contributed by atoms with E-state index in [9.17, 15) is 10.00 Å². The fraction of sp³-hybridized carbons (Fsp3) is 0.500. The molecule has 1 unspecified atom stereocenters. The predicted molar refractivity (Wildman–Crippen MR) is 86.8 cm³/mol. The average molecular weight is 359 g/mol. The van der Waals surface area contributed by atoms with Crippen molar-refractivity contribution >= 4 is 45.0 Å². The predicted octanol–water partition coefficient (Wildman–Crippen LogP) is -1.59. The molecule has 2 saturated heterocycles. The van der Waals surface area contributed by atoms with Gasteiger partial charge >= 0.3 is 137 Å². The van der Waals surface area contributed by atoms with Crippen LogP contribution < -0.4 is 5.73 Å². The number of nitrogens with two attached hydrogens (primary N) is 1. The molecule has 2 aromatic rings. The van der Waals surface area contributed by atoms with Crippen molar-refractivity contribution < 1.29 is 23.8 Å². The molecule has 124 valence electrons. The van der Waals surface area contributed by atoms with E-state index in [4.69, 9.17) is 19.5 Å². The van der Waals surface area contributed by atoms with E-state index in [2.05, 4.69) is 27.6 Å². The van der Waals surface area contributed by atoms with Gasteiger partial charge < -0.3 is 0 Å². The zero-order valence-electron chi connectivity index (χ0n) is 12.0. The topological polar surface area (TPSA) is 138 Å². The number of nitrogens with zero attached hydrogens (tertiary/aromatic N) is 4. The van der Waals surface area contributed by atoms with Crippen molar-refractivity contribution in [1.29, 1.82) is 0 Å². The van der Waals surface area contributed by atoms with Crippen molar-refractivity contribution in [3.63, 3.8) is 0 Å². The molecule has 4 rings (SSSR count). The van der Waals surface area contributed by atoms with E-state index in [1.165, 1.54) is 18.5 Å². The molecule has 0 radical (unpaired) electrons. The second kappa shape index (κ2) is 5.25. The van der Waals surface area contributed by atoms with Crippen molar-refractivity contribution in [3.05, 3.63) is 6.33 Å². The monoisotopic (exact) mass is 359 g/mol. The first-order valence-electron chi connectivity index (χ1n) is 6.92. The van der Waals surface area contributed by atoms with Crippen LogP contribution in [-0.4, -0.2) is 62.0 Å². The van der Waals surface area contributed by atoms with E-state index in [1.54, 1.807) is 0 Å². The van der Waals surface area contributed by atoms with Crippen LogP contribution in [0.25, 0.3) is 11.2 Å². The number of ether oxygens (including phenoxy) is 1. The van der Waals surface area contributed by atoms with E-state index in [0.29, 0.717) is 11.2 Å². The quantitative estimate of drug-likeness (QED) is 0.270. The van der Waals surface area contributed by atoms with Gasteiger partial charge in [0.25, 0.3) is 0 Å². The Labute approximate surface area is 137 Å². The zero-order chi connectivity index (χ0) is 16.4. The molecular weight excluding hydrogens is 344 g/mol. The second-order valence-corrected chi connectivity index (χ2v) is 8.28. The number of anilines is 1. The Morgan fingerprint density at radius 1 is 1.48 bits per heavy atom. The summed E-state index contributed by atoms with van der Waals surface area (Å²) in [6, 6.07) is 0. The van der Waals surface area contributed by atoms with Crippen LogP contribution in [0.2, 0.25) is 0 Å². The fourth-order valence-electron chi connectivity index (χ4n) is 2.88. The van der Waals surface area contributed by atoms with Gasteiger partial charge in [0.15, 0.2) is 0 Å². The minimum atomic E-state index is -3.24. The maximum atomic E-state index is 10.6. The van der Waals surface area contributed by atoms with Gasteiger partial charge in [-0.05, 0) is 0 Å². The van der Waals surface area contributed by atoms with Crippen molar-refractivity contribution in [2.45, 2.75) is 29.7 Å². The van der Waals surface area contributed by atoms with E-state index < -0.39 is 32.4 Å². The van der Waals surface area contributed by atoms with Gasteiger partial charge in [0, 0.05) is 0 Å². The fourth-order valence-corrected chi connectivity index (χ4v) is 4.53. The molecule has 0 saturated carbocycles. The molecule has 0 amide bonds. The van der Waals surface area contributed by atoms with Gasteiger partial charge in [0.2, 0.25) is 0 Å². The van der Waals surface area contributed by atoms with Crippen LogP contribution in [0.1, 0.15) is 6.23 Å². The summed E-state index contributed by atoms with van der Waals surface area (Å²) in [5.74, 6) is 0.212. The third-order valence-corrected chi connectivity index (χ3v) is 5.65. The Bertz CT molecular complexity index is 777. The standard InChI is InChI=1S/C10H15BN5O5PS/c11-22(18)19-1-3-6(21-22)5(17)9(20-3)16-8-4(15-10(16)23)7(12)13-2-14-8/h2-3,5-6,9,17-18,22H,1,11H2,(H,15,23)(H2,12,13,14)/t3-,5?,6-,9-/m1/s1. The van der Waals surface area contributed by atoms with Crippen LogP contribution in [0.4, 0.5) is 5.82 Å². The normalized spacial score (nSPS) is 34.4. The first-order valence-corrected chi connectivity index (χ1v) is 9.63. The minimum absolute atomic E-state index is 0.142. The Morgan fingerprint density at radius 2 is 2.26 bits per heavy atom. The number of fused-ring (bicyclic) bond motifs is 2. The molecule has 0 aliphatic carbocycles. The van der Waals surface area contributed by atoms with Crippen LogP contribution in [0.3, 0.4) is 0 Å². The summed E-state index contributed by atoms with van der Waals surface area (Å²) in [6.45, 7) is 0.142. The molecule has 0 spiro atoms. The molecule has 0 bridgehead atoms. The van der Waals surface area contributed by atoms with Crippen molar-refractivity contribution in [2.75, 3.05) is 12.3 Å².